The average molecular weight is 140 g/mol. The van der Waals surface area contributed by atoms with Crippen LogP contribution in [0.4, 0.5) is 0 Å². The van der Waals surface area contributed by atoms with Crippen molar-refractivity contribution in [3.05, 3.63) is 23.8 Å². The van der Waals surface area contributed by atoms with E-state index >= 15 is 0 Å². The largest absolute Gasteiger partial charge is 0.478 e. The van der Waals surface area contributed by atoms with Crippen molar-refractivity contribution >= 4 is 5.97 Å². The number of hydrogen-bond acceptors (Lipinski definition) is 2. The van der Waals surface area contributed by atoms with Gasteiger partial charge in [-0.05, 0) is 6.42 Å². The summed E-state index contributed by atoms with van der Waals surface area (Å²) < 4.78 is 0. The Labute approximate surface area is 58.3 Å². The molecule has 1 aliphatic carbocycles. The Kier molecular flexibility index (Phi) is 1.87. The van der Waals surface area contributed by atoms with Crippen LogP contribution in [0, 0.1) is 0 Å². The van der Waals surface area contributed by atoms with Crippen molar-refractivity contribution in [2.24, 2.45) is 0 Å². The molecule has 3 nitrogen and oxygen atoms in total. The summed E-state index contributed by atoms with van der Waals surface area (Å²) in [7, 11) is 0. The zero-order chi connectivity index (χ0) is 7.56. The van der Waals surface area contributed by atoms with Gasteiger partial charge in [-0.1, -0.05) is 18.2 Å². The molecule has 1 rings (SSSR count). The van der Waals surface area contributed by atoms with E-state index in [0.29, 0.717) is 6.42 Å². The van der Waals surface area contributed by atoms with E-state index < -0.39 is 12.1 Å². The van der Waals surface area contributed by atoms with E-state index in [4.69, 9.17) is 10.2 Å². The number of rotatable bonds is 1. The van der Waals surface area contributed by atoms with E-state index in [-0.39, 0.29) is 5.57 Å². The van der Waals surface area contributed by atoms with Gasteiger partial charge in [-0.15, -0.1) is 0 Å². The number of aliphatic hydroxyl groups excluding tert-OH is 1. The van der Waals surface area contributed by atoms with Crippen LogP contribution in [0.25, 0.3) is 0 Å². The monoisotopic (exact) mass is 140 g/mol. The molecule has 0 aromatic rings. The molecule has 0 fully saturated rings. The minimum atomic E-state index is -1.04. The first kappa shape index (κ1) is 7.02. The number of aliphatic hydroxyl groups is 1. The smallest absolute Gasteiger partial charge is 0.334 e. The van der Waals surface area contributed by atoms with Crippen LogP contribution in [-0.4, -0.2) is 22.3 Å². The summed E-state index contributed by atoms with van der Waals surface area (Å²) in [6, 6.07) is 0. The predicted octanol–water partition coefficient (Wildman–Crippen LogP) is 0.318. The van der Waals surface area contributed by atoms with Crippen LogP contribution < -0.4 is 0 Å². The number of carbonyl (C=O) groups is 1. The first-order chi connectivity index (χ1) is 4.72. The summed E-state index contributed by atoms with van der Waals surface area (Å²) in [4.78, 5) is 10.3. The molecule has 0 heterocycles. The third kappa shape index (κ3) is 1.25. The van der Waals surface area contributed by atoms with Gasteiger partial charge < -0.3 is 10.2 Å². The molecule has 1 atom stereocenters. The third-order valence-electron chi connectivity index (χ3n) is 1.36. The van der Waals surface area contributed by atoms with Crippen molar-refractivity contribution in [2.45, 2.75) is 12.5 Å². The predicted molar refractivity (Wildman–Crippen MR) is 35.5 cm³/mol. The molecule has 54 valence electrons. The second-order valence-electron chi connectivity index (χ2n) is 2.07. The highest BCUT2D eigenvalue weighted by Gasteiger charge is 2.16. The minimum Gasteiger partial charge on any atom is -0.478 e. The summed E-state index contributed by atoms with van der Waals surface area (Å²) >= 11 is 0. The molecule has 0 aromatic carbocycles. The Morgan fingerprint density at radius 1 is 1.70 bits per heavy atom. The van der Waals surface area contributed by atoms with E-state index in [2.05, 4.69) is 0 Å². The number of aliphatic carboxylic acids is 1. The maximum atomic E-state index is 10.3. The Balaban J connectivity index is 2.76. The highest BCUT2D eigenvalue weighted by Crippen LogP contribution is 2.11. The molecule has 10 heavy (non-hydrogen) atoms. The molecule has 0 bridgehead atoms. The lowest BCUT2D eigenvalue weighted by Gasteiger charge is -2.09. The molecule has 1 aliphatic rings. The zero-order valence-corrected chi connectivity index (χ0v) is 5.32. The van der Waals surface area contributed by atoms with Crippen LogP contribution in [0.15, 0.2) is 23.8 Å². The number of carboxylic acid groups (broad SMARTS) is 1. The van der Waals surface area contributed by atoms with Crippen molar-refractivity contribution in [3.8, 4) is 0 Å². The van der Waals surface area contributed by atoms with Gasteiger partial charge in [0, 0.05) is 0 Å². The molecular formula is C7H8O3. The van der Waals surface area contributed by atoms with Crippen LogP contribution >= 0.6 is 0 Å². The second-order valence-corrected chi connectivity index (χ2v) is 2.07. The average Bonchev–Trinajstić information content (AvgIpc) is 1.88. The van der Waals surface area contributed by atoms with Crippen LogP contribution in [0.5, 0.6) is 0 Å². The first-order valence-electron chi connectivity index (χ1n) is 3.00. The SMILES string of the molecule is O=C(O)C1=CCC=CC1O. The van der Waals surface area contributed by atoms with Crippen molar-refractivity contribution in [3.63, 3.8) is 0 Å². The van der Waals surface area contributed by atoms with E-state index in [1.165, 1.54) is 12.2 Å². The maximum absolute atomic E-state index is 10.3. The summed E-state index contributed by atoms with van der Waals surface area (Å²) in [5, 5.41) is 17.4. The zero-order valence-electron chi connectivity index (χ0n) is 5.32. The molecule has 0 saturated heterocycles. The topological polar surface area (TPSA) is 57.5 Å². The minimum absolute atomic E-state index is 0.0718. The van der Waals surface area contributed by atoms with Gasteiger partial charge in [0.15, 0.2) is 0 Å². The summed E-state index contributed by atoms with van der Waals surface area (Å²) in [6.07, 6.45) is 4.39. The summed E-state index contributed by atoms with van der Waals surface area (Å²) in [6.45, 7) is 0. The fraction of sp³-hybridized carbons (Fsp3) is 0.286. The van der Waals surface area contributed by atoms with Crippen LogP contribution in [0.1, 0.15) is 6.42 Å². The molecule has 0 saturated carbocycles. The van der Waals surface area contributed by atoms with Crippen molar-refractivity contribution in [1.82, 2.24) is 0 Å². The summed E-state index contributed by atoms with van der Waals surface area (Å²) in [5.41, 5.74) is 0.0718. The van der Waals surface area contributed by atoms with Gasteiger partial charge in [0.1, 0.15) is 6.10 Å². The van der Waals surface area contributed by atoms with Crippen LogP contribution in [0.2, 0.25) is 0 Å². The van der Waals surface area contributed by atoms with E-state index in [1.807, 2.05) is 0 Å². The molecule has 0 spiro atoms. The lowest BCUT2D eigenvalue weighted by molar-refractivity contribution is -0.133. The highest BCUT2D eigenvalue weighted by molar-refractivity contribution is 5.88. The Morgan fingerprint density at radius 3 is 2.80 bits per heavy atom. The standard InChI is InChI=1S/C7H8O3/c8-6-4-2-1-3-5(6)7(9)10/h2-4,6,8H,1H2,(H,9,10). The fourth-order valence-electron chi connectivity index (χ4n) is 0.841. The van der Waals surface area contributed by atoms with Crippen molar-refractivity contribution < 1.29 is 15.0 Å². The number of hydrogen-bond donors (Lipinski definition) is 2. The number of carboxylic acids is 1. The van der Waals surface area contributed by atoms with Crippen LogP contribution in [-0.2, 0) is 4.79 Å². The van der Waals surface area contributed by atoms with Gasteiger partial charge in [-0.2, -0.15) is 0 Å². The maximum Gasteiger partial charge on any atom is 0.334 e. The molecule has 0 radical (unpaired) electrons. The third-order valence-corrected chi connectivity index (χ3v) is 1.36. The van der Waals surface area contributed by atoms with Crippen LogP contribution in [0.3, 0.4) is 0 Å². The lowest BCUT2D eigenvalue weighted by Crippen LogP contribution is -2.16. The number of allylic oxidation sites excluding steroid dienone is 2. The van der Waals surface area contributed by atoms with Crippen molar-refractivity contribution in [1.29, 1.82) is 0 Å². The Hall–Kier alpha value is -1.09. The quantitative estimate of drug-likeness (QED) is 0.515. The summed E-state index contributed by atoms with van der Waals surface area (Å²) in [5.74, 6) is -1.04. The molecule has 0 aliphatic heterocycles. The molecule has 2 N–H and O–H groups in total. The Bertz CT molecular complexity index is 203. The highest BCUT2D eigenvalue weighted by atomic mass is 16.4. The molecule has 3 heteroatoms. The van der Waals surface area contributed by atoms with E-state index in [0.717, 1.165) is 0 Å². The fourth-order valence-corrected chi connectivity index (χ4v) is 0.841. The molecular weight excluding hydrogens is 132 g/mol. The van der Waals surface area contributed by atoms with Gasteiger partial charge in [0.25, 0.3) is 0 Å². The van der Waals surface area contributed by atoms with Gasteiger partial charge in [0.05, 0.1) is 5.57 Å². The van der Waals surface area contributed by atoms with Gasteiger partial charge in [-0.3, -0.25) is 0 Å². The molecule has 0 aromatic heterocycles. The van der Waals surface area contributed by atoms with Gasteiger partial charge in [-0.25, -0.2) is 4.79 Å². The van der Waals surface area contributed by atoms with Crippen molar-refractivity contribution in [2.75, 3.05) is 0 Å². The second kappa shape index (κ2) is 2.66. The lowest BCUT2D eigenvalue weighted by atomic mass is 10.0. The first-order valence-corrected chi connectivity index (χ1v) is 3.00. The Morgan fingerprint density at radius 2 is 2.40 bits per heavy atom. The van der Waals surface area contributed by atoms with E-state index in [1.54, 1.807) is 6.08 Å². The molecule has 1 unspecified atom stereocenters. The van der Waals surface area contributed by atoms with E-state index in [9.17, 15) is 4.79 Å². The molecule has 0 amide bonds. The van der Waals surface area contributed by atoms with Gasteiger partial charge >= 0.3 is 5.97 Å². The van der Waals surface area contributed by atoms with Gasteiger partial charge in [0.2, 0.25) is 0 Å². The normalized spacial score (nSPS) is 24.1.